The number of hydrogen-bond acceptors (Lipinski definition) is 5. The first kappa shape index (κ1) is 23.5. The fourth-order valence-corrected chi connectivity index (χ4v) is 4.33. The third-order valence-electron chi connectivity index (χ3n) is 5.39. The number of anilines is 1. The van der Waals surface area contributed by atoms with E-state index >= 15 is 0 Å². The zero-order chi connectivity index (χ0) is 24.3. The second-order valence-electron chi connectivity index (χ2n) is 8.53. The van der Waals surface area contributed by atoms with Gasteiger partial charge in [-0.05, 0) is 56.4 Å². The molecule has 0 atom stereocenters. The average molecular weight is 477 g/mol. The van der Waals surface area contributed by atoms with Gasteiger partial charge >= 0.3 is 0 Å². The summed E-state index contributed by atoms with van der Waals surface area (Å²) in [5.41, 5.74) is 4.99. The van der Waals surface area contributed by atoms with Crippen molar-refractivity contribution in [3.05, 3.63) is 89.5 Å². The van der Waals surface area contributed by atoms with Crippen LogP contribution in [0.4, 0.5) is 11.4 Å². The van der Waals surface area contributed by atoms with Crippen molar-refractivity contribution >= 4 is 38.0 Å². The fraction of sp³-hybridized carbons (Fsp3) is 0.192. The van der Waals surface area contributed by atoms with Crippen molar-refractivity contribution in [2.24, 2.45) is 4.99 Å². The molecule has 4 rings (SSSR count). The molecule has 0 amide bonds. The molecule has 176 valence electrons. The van der Waals surface area contributed by atoms with Gasteiger partial charge in [-0.15, -0.1) is 0 Å². The van der Waals surface area contributed by atoms with Crippen LogP contribution in [0.3, 0.4) is 0 Å². The summed E-state index contributed by atoms with van der Waals surface area (Å²) in [6.45, 7) is 0.963. The molecule has 0 bridgehead atoms. The summed E-state index contributed by atoms with van der Waals surface area (Å²) in [5.74, 6) is -0.0308. The molecule has 0 saturated heterocycles. The second kappa shape index (κ2) is 9.70. The normalized spacial score (nSPS) is 12.4. The maximum Gasteiger partial charge on any atom is 0.229 e. The van der Waals surface area contributed by atoms with E-state index < -0.39 is 10.0 Å². The quantitative estimate of drug-likeness (QED) is 0.326. The minimum absolute atomic E-state index is 0.0308. The number of H-pyrrole nitrogens is 1. The third kappa shape index (κ3) is 5.65. The van der Waals surface area contributed by atoms with Gasteiger partial charge in [0, 0.05) is 28.7 Å². The van der Waals surface area contributed by atoms with Crippen molar-refractivity contribution in [2.45, 2.75) is 6.42 Å². The Balaban J connectivity index is 1.82. The average Bonchev–Trinajstić information content (AvgIpc) is 3.11. The molecule has 0 aliphatic rings. The SMILES string of the molecule is CN(C)CCc1ccc(N=C(c2ccccc2)c2c(O)[nH]c3ccc(NS(C)(=O)=O)cc23)cc1. The first-order chi connectivity index (χ1) is 16.2. The molecule has 7 nitrogen and oxygen atoms in total. The summed E-state index contributed by atoms with van der Waals surface area (Å²) in [7, 11) is 0.659. The van der Waals surface area contributed by atoms with Crippen LogP contribution in [0.5, 0.6) is 5.88 Å². The first-order valence-electron chi connectivity index (χ1n) is 10.9. The number of aromatic nitrogens is 1. The number of aromatic amines is 1. The van der Waals surface area contributed by atoms with Crippen molar-refractivity contribution in [3.8, 4) is 5.88 Å². The number of hydrogen-bond donors (Lipinski definition) is 3. The van der Waals surface area contributed by atoms with Gasteiger partial charge in [-0.1, -0.05) is 42.5 Å². The summed E-state index contributed by atoms with van der Waals surface area (Å²) in [5, 5.41) is 11.5. The van der Waals surface area contributed by atoms with Crippen molar-refractivity contribution < 1.29 is 13.5 Å². The highest BCUT2D eigenvalue weighted by Gasteiger charge is 2.19. The second-order valence-corrected chi connectivity index (χ2v) is 10.3. The molecule has 0 aliphatic heterocycles. The van der Waals surface area contributed by atoms with Gasteiger partial charge < -0.3 is 15.0 Å². The largest absolute Gasteiger partial charge is 0.494 e. The van der Waals surface area contributed by atoms with E-state index in [1.54, 1.807) is 18.2 Å². The van der Waals surface area contributed by atoms with Gasteiger partial charge in [0.1, 0.15) is 0 Å². The summed E-state index contributed by atoms with van der Waals surface area (Å²) < 4.78 is 26.0. The summed E-state index contributed by atoms with van der Waals surface area (Å²) in [6, 6.07) is 22.8. The van der Waals surface area contributed by atoms with Gasteiger partial charge in [0.2, 0.25) is 10.0 Å². The van der Waals surface area contributed by atoms with E-state index in [1.807, 2.05) is 42.5 Å². The van der Waals surface area contributed by atoms with Crippen LogP contribution >= 0.6 is 0 Å². The van der Waals surface area contributed by atoms with Crippen molar-refractivity contribution in [2.75, 3.05) is 31.6 Å². The van der Waals surface area contributed by atoms with E-state index in [0.29, 0.717) is 27.9 Å². The molecule has 0 radical (unpaired) electrons. The number of nitrogens with zero attached hydrogens (tertiary/aromatic N) is 2. The van der Waals surface area contributed by atoms with Gasteiger partial charge in [-0.2, -0.15) is 0 Å². The molecule has 34 heavy (non-hydrogen) atoms. The topological polar surface area (TPSA) is 97.8 Å². The molecule has 1 aromatic heterocycles. The first-order valence-corrected chi connectivity index (χ1v) is 12.8. The molecule has 3 aromatic carbocycles. The van der Waals surface area contributed by atoms with Crippen LogP contribution in [-0.4, -0.2) is 56.0 Å². The molecule has 0 unspecified atom stereocenters. The van der Waals surface area contributed by atoms with E-state index in [0.717, 1.165) is 30.5 Å². The molecule has 4 aromatic rings. The van der Waals surface area contributed by atoms with Crippen LogP contribution in [-0.2, 0) is 16.4 Å². The van der Waals surface area contributed by atoms with E-state index in [4.69, 9.17) is 4.99 Å². The number of aromatic hydroxyl groups is 1. The minimum atomic E-state index is -3.44. The maximum absolute atomic E-state index is 11.7. The number of aliphatic imine (C=N–C) groups is 1. The monoisotopic (exact) mass is 476 g/mol. The van der Waals surface area contributed by atoms with Crippen LogP contribution in [0.1, 0.15) is 16.7 Å². The number of likely N-dealkylation sites (N-methyl/N-ethyl adjacent to an activating group) is 1. The molecule has 1 heterocycles. The summed E-state index contributed by atoms with van der Waals surface area (Å²) in [4.78, 5) is 10.0. The predicted molar refractivity (Wildman–Crippen MR) is 139 cm³/mol. The zero-order valence-electron chi connectivity index (χ0n) is 19.4. The van der Waals surface area contributed by atoms with Crippen molar-refractivity contribution in [3.63, 3.8) is 0 Å². The maximum atomic E-state index is 11.7. The van der Waals surface area contributed by atoms with E-state index in [9.17, 15) is 13.5 Å². The van der Waals surface area contributed by atoms with Gasteiger partial charge in [-0.25, -0.2) is 13.4 Å². The molecule has 0 aliphatic carbocycles. The highest BCUT2D eigenvalue weighted by molar-refractivity contribution is 7.92. The van der Waals surface area contributed by atoms with Gasteiger partial charge in [0.05, 0.1) is 23.2 Å². The van der Waals surface area contributed by atoms with E-state index in [-0.39, 0.29) is 5.88 Å². The highest BCUT2D eigenvalue weighted by Crippen LogP contribution is 2.33. The summed E-state index contributed by atoms with van der Waals surface area (Å²) >= 11 is 0. The number of benzene rings is 3. The van der Waals surface area contributed by atoms with Crippen molar-refractivity contribution in [1.82, 2.24) is 9.88 Å². The minimum Gasteiger partial charge on any atom is -0.494 e. The van der Waals surface area contributed by atoms with Crippen molar-refractivity contribution in [1.29, 1.82) is 0 Å². The van der Waals surface area contributed by atoms with Crippen LogP contribution in [0, 0.1) is 0 Å². The van der Waals surface area contributed by atoms with Crippen LogP contribution in [0.15, 0.2) is 77.8 Å². The van der Waals surface area contributed by atoms with Gasteiger partial charge in [-0.3, -0.25) is 4.72 Å². The van der Waals surface area contributed by atoms with Gasteiger partial charge in [0.15, 0.2) is 5.88 Å². The molecule has 3 N–H and O–H groups in total. The predicted octanol–water partition coefficient (Wildman–Crippen LogP) is 4.52. The lowest BCUT2D eigenvalue weighted by Crippen LogP contribution is -2.14. The molecular formula is C26H28N4O3S. The molecule has 8 heteroatoms. The Morgan fingerprint density at radius 2 is 1.74 bits per heavy atom. The Labute approximate surface area is 199 Å². The van der Waals surface area contributed by atoms with E-state index in [2.05, 4.69) is 40.8 Å². The Morgan fingerprint density at radius 1 is 1.03 bits per heavy atom. The molecule has 0 fully saturated rings. The molecular weight excluding hydrogens is 448 g/mol. The number of fused-ring (bicyclic) bond motifs is 1. The van der Waals surface area contributed by atoms with Gasteiger partial charge in [0.25, 0.3) is 0 Å². The van der Waals surface area contributed by atoms with Crippen LogP contribution in [0.25, 0.3) is 10.9 Å². The van der Waals surface area contributed by atoms with E-state index in [1.165, 1.54) is 5.56 Å². The number of sulfonamides is 1. The zero-order valence-corrected chi connectivity index (χ0v) is 20.2. The fourth-order valence-electron chi connectivity index (χ4n) is 3.77. The Bertz CT molecular complexity index is 1420. The lowest BCUT2D eigenvalue weighted by Gasteiger charge is -2.10. The van der Waals surface area contributed by atoms with Crippen LogP contribution in [0.2, 0.25) is 0 Å². The lowest BCUT2D eigenvalue weighted by molar-refractivity contribution is 0.413. The molecule has 0 spiro atoms. The van der Waals surface area contributed by atoms with Crippen LogP contribution < -0.4 is 4.72 Å². The summed E-state index contributed by atoms with van der Waals surface area (Å²) in [6.07, 6.45) is 2.05. The molecule has 0 saturated carbocycles. The third-order valence-corrected chi connectivity index (χ3v) is 6.00. The highest BCUT2D eigenvalue weighted by atomic mass is 32.2. The Kier molecular flexibility index (Phi) is 6.72. The number of rotatable bonds is 8. The standard InChI is InChI=1S/C26H28N4O3S/c1-30(2)16-15-18-9-11-20(12-10-18)27-25(19-7-5-4-6-8-19)24-22-17-21(29-34(3,32)33)13-14-23(22)28-26(24)31/h4-14,17,28-29,31H,15-16H2,1-3H3. The number of nitrogens with one attached hydrogen (secondary N) is 2. The Hall–Kier alpha value is -3.62. The lowest BCUT2D eigenvalue weighted by atomic mass is 10.0. The Morgan fingerprint density at radius 3 is 2.38 bits per heavy atom. The smallest absolute Gasteiger partial charge is 0.229 e.